The van der Waals surface area contributed by atoms with Gasteiger partial charge in [0.25, 0.3) is 0 Å². The molecule has 3 heteroatoms. The van der Waals surface area contributed by atoms with Crippen LogP contribution >= 0.6 is 0 Å². The molecule has 1 aromatic carbocycles. The van der Waals surface area contributed by atoms with E-state index in [1.54, 1.807) is 7.11 Å². The Morgan fingerprint density at radius 2 is 2.08 bits per heavy atom. The molecular weight excluding hydrogens is 166 g/mol. The summed E-state index contributed by atoms with van der Waals surface area (Å²) >= 11 is 0. The number of anilines is 1. The van der Waals surface area contributed by atoms with E-state index in [-0.39, 0.29) is 6.61 Å². The van der Waals surface area contributed by atoms with Crippen molar-refractivity contribution >= 4 is 5.69 Å². The van der Waals surface area contributed by atoms with E-state index in [2.05, 4.69) is 0 Å². The second-order valence-electron chi connectivity index (χ2n) is 3.05. The maximum absolute atomic E-state index is 9.06. The predicted octanol–water partition coefficient (Wildman–Crippen LogP) is 1.25. The maximum atomic E-state index is 9.06. The number of benzene rings is 1. The van der Waals surface area contributed by atoms with Gasteiger partial charge >= 0.3 is 0 Å². The van der Waals surface area contributed by atoms with Crippen molar-refractivity contribution in [3.63, 3.8) is 0 Å². The highest BCUT2D eigenvalue weighted by molar-refractivity contribution is 5.52. The number of rotatable bonds is 3. The standard InChI is InChI=1S/C10H15NO2/c1-11(2)9-4-5-10(13-3)8(6-9)7-12/h4-6,12H,7H2,1-3H3. The molecule has 0 saturated heterocycles. The van der Waals surface area contributed by atoms with Gasteiger partial charge in [-0.05, 0) is 18.2 Å². The highest BCUT2D eigenvalue weighted by atomic mass is 16.5. The van der Waals surface area contributed by atoms with Crippen LogP contribution in [0.15, 0.2) is 18.2 Å². The topological polar surface area (TPSA) is 32.7 Å². The molecule has 0 fully saturated rings. The first-order valence-corrected chi connectivity index (χ1v) is 4.14. The van der Waals surface area contributed by atoms with Crippen LogP contribution in [0.2, 0.25) is 0 Å². The Labute approximate surface area is 78.6 Å². The van der Waals surface area contributed by atoms with Gasteiger partial charge in [-0.2, -0.15) is 0 Å². The van der Waals surface area contributed by atoms with Crippen LogP contribution < -0.4 is 9.64 Å². The van der Waals surface area contributed by atoms with Crippen LogP contribution in [0, 0.1) is 0 Å². The number of hydrogen-bond acceptors (Lipinski definition) is 3. The molecule has 13 heavy (non-hydrogen) atoms. The van der Waals surface area contributed by atoms with Gasteiger partial charge in [0.05, 0.1) is 13.7 Å². The van der Waals surface area contributed by atoms with E-state index in [9.17, 15) is 0 Å². The van der Waals surface area contributed by atoms with Crippen molar-refractivity contribution in [1.82, 2.24) is 0 Å². The fraction of sp³-hybridized carbons (Fsp3) is 0.400. The SMILES string of the molecule is COc1ccc(N(C)C)cc1CO. The maximum Gasteiger partial charge on any atom is 0.124 e. The van der Waals surface area contributed by atoms with Crippen molar-refractivity contribution in [2.24, 2.45) is 0 Å². The highest BCUT2D eigenvalue weighted by Gasteiger charge is 2.03. The number of aliphatic hydroxyl groups is 1. The van der Waals surface area contributed by atoms with Crippen LogP contribution in [0.4, 0.5) is 5.69 Å². The van der Waals surface area contributed by atoms with Gasteiger partial charge < -0.3 is 14.7 Å². The summed E-state index contributed by atoms with van der Waals surface area (Å²) in [5, 5.41) is 9.06. The molecule has 0 aromatic heterocycles. The molecule has 0 radical (unpaired) electrons. The molecule has 0 saturated carbocycles. The third-order valence-electron chi connectivity index (χ3n) is 1.95. The fourth-order valence-corrected chi connectivity index (χ4v) is 1.17. The minimum atomic E-state index is 0.00481. The molecule has 0 heterocycles. The van der Waals surface area contributed by atoms with Crippen LogP contribution in [0.5, 0.6) is 5.75 Å². The summed E-state index contributed by atoms with van der Waals surface area (Å²) in [5.74, 6) is 0.730. The van der Waals surface area contributed by atoms with Crippen LogP contribution in [0.1, 0.15) is 5.56 Å². The molecule has 0 aliphatic rings. The Morgan fingerprint density at radius 1 is 1.38 bits per heavy atom. The van der Waals surface area contributed by atoms with Gasteiger partial charge in [-0.1, -0.05) is 0 Å². The largest absolute Gasteiger partial charge is 0.496 e. The number of methoxy groups -OCH3 is 1. The van der Waals surface area contributed by atoms with Gasteiger partial charge in [0, 0.05) is 25.3 Å². The lowest BCUT2D eigenvalue weighted by molar-refractivity contribution is 0.274. The summed E-state index contributed by atoms with van der Waals surface area (Å²) in [6, 6.07) is 5.73. The second-order valence-corrected chi connectivity index (χ2v) is 3.05. The summed E-state index contributed by atoms with van der Waals surface area (Å²) in [6.45, 7) is 0.00481. The zero-order valence-corrected chi connectivity index (χ0v) is 8.24. The van der Waals surface area contributed by atoms with E-state index >= 15 is 0 Å². The normalized spacial score (nSPS) is 9.85. The first-order chi connectivity index (χ1) is 6.19. The number of nitrogens with zero attached hydrogens (tertiary/aromatic N) is 1. The second kappa shape index (κ2) is 4.14. The van der Waals surface area contributed by atoms with E-state index in [0.29, 0.717) is 0 Å². The Kier molecular flexibility index (Phi) is 3.14. The first kappa shape index (κ1) is 9.86. The van der Waals surface area contributed by atoms with Crippen molar-refractivity contribution in [2.45, 2.75) is 6.61 Å². The molecule has 3 nitrogen and oxygen atoms in total. The molecule has 0 aliphatic heterocycles. The van der Waals surface area contributed by atoms with Gasteiger partial charge in [0.15, 0.2) is 0 Å². The Morgan fingerprint density at radius 3 is 2.54 bits per heavy atom. The summed E-state index contributed by atoms with van der Waals surface area (Å²) in [6.07, 6.45) is 0. The van der Waals surface area contributed by atoms with E-state index in [1.807, 2.05) is 37.2 Å². The molecule has 0 atom stereocenters. The van der Waals surface area contributed by atoms with Crippen molar-refractivity contribution in [3.8, 4) is 5.75 Å². The lowest BCUT2D eigenvalue weighted by Crippen LogP contribution is -2.09. The minimum absolute atomic E-state index is 0.00481. The van der Waals surface area contributed by atoms with Gasteiger partial charge in [0.2, 0.25) is 0 Å². The highest BCUT2D eigenvalue weighted by Crippen LogP contribution is 2.23. The van der Waals surface area contributed by atoms with Crippen LogP contribution in [0.25, 0.3) is 0 Å². The monoisotopic (exact) mass is 181 g/mol. The summed E-state index contributed by atoms with van der Waals surface area (Å²) < 4.78 is 5.09. The van der Waals surface area contributed by atoms with Crippen LogP contribution in [-0.4, -0.2) is 26.3 Å². The van der Waals surface area contributed by atoms with Crippen molar-refractivity contribution < 1.29 is 9.84 Å². The van der Waals surface area contributed by atoms with Crippen molar-refractivity contribution in [1.29, 1.82) is 0 Å². The number of ether oxygens (including phenoxy) is 1. The Hall–Kier alpha value is -1.22. The van der Waals surface area contributed by atoms with E-state index in [1.165, 1.54) is 0 Å². The summed E-state index contributed by atoms with van der Waals surface area (Å²) in [5.41, 5.74) is 1.87. The van der Waals surface area contributed by atoms with Crippen molar-refractivity contribution in [2.75, 3.05) is 26.1 Å². The van der Waals surface area contributed by atoms with Gasteiger partial charge in [-0.15, -0.1) is 0 Å². The average Bonchev–Trinajstić information content (AvgIpc) is 2.16. The Bertz CT molecular complexity index is 284. The lowest BCUT2D eigenvalue weighted by atomic mass is 10.2. The molecule has 0 amide bonds. The zero-order chi connectivity index (χ0) is 9.84. The van der Waals surface area contributed by atoms with E-state index < -0.39 is 0 Å². The third-order valence-corrected chi connectivity index (χ3v) is 1.95. The lowest BCUT2D eigenvalue weighted by Gasteiger charge is -2.15. The van der Waals surface area contributed by atoms with Crippen molar-refractivity contribution in [3.05, 3.63) is 23.8 Å². The molecule has 1 N–H and O–H groups in total. The predicted molar refractivity (Wildman–Crippen MR) is 53.2 cm³/mol. The quantitative estimate of drug-likeness (QED) is 0.761. The molecule has 1 aromatic rings. The molecule has 0 spiro atoms. The summed E-state index contributed by atoms with van der Waals surface area (Å²) in [4.78, 5) is 1.98. The molecule has 0 bridgehead atoms. The Balaban J connectivity index is 3.05. The third kappa shape index (κ3) is 2.12. The van der Waals surface area contributed by atoms with Crippen LogP contribution in [-0.2, 0) is 6.61 Å². The molecule has 72 valence electrons. The van der Waals surface area contributed by atoms with Gasteiger partial charge in [-0.25, -0.2) is 0 Å². The fourth-order valence-electron chi connectivity index (χ4n) is 1.17. The molecule has 0 aliphatic carbocycles. The number of hydrogen-bond donors (Lipinski definition) is 1. The minimum Gasteiger partial charge on any atom is -0.496 e. The smallest absolute Gasteiger partial charge is 0.124 e. The molecular formula is C10H15NO2. The van der Waals surface area contributed by atoms with E-state index in [4.69, 9.17) is 9.84 Å². The number of aliphatic hydroxyl groups excluding tert-OH is 1. The molecule has 1 rings (SSSR count). The average molecular weight is 181 g/mol. The molecule has 0 unspecified atom stereocenters. The van der Waals surface area contributed by atoms with Crippen LogP contribution in [0.3, 0.4) is 0 Å². The first-order valence-electron chi connectivity index (χ1n) is 4.14. The summed E-state index contributed by atoms with van der Waals surface area (Å²) in [7, 11) is 5.52. The van der Waals surface area contributed by atoms with Gasteiger partial charge in [0.1, 0.15) is 5.75 Å². The van der Waals surface area contributed by atoms with Gasteiger partial charge in [-0.3, -0.25) is 0 Å². The van der Waals surface area contributed by atoms with E-state index in [0.717, 1.165) is 17.0 Å². The zero-order valence-electron chi connectivity index (χ0n) is 8.24.